The second kappa shape index (κ2) is 5.53. The van der Waals surface area contributed by atoms with Crippen molar-refractivity contribution in [3.63, 3.8) is 0 Å². The molecule has 0 unspecified atom stereocenters. The van der Waals surface area contributed by atoms with Gasteiger partial charge in [0, 0.05) is 9.90 Å². The quantitative estimate of drug-likeness (QED) is 0.454. The predicted octanol–water partition coefficient (Wildman–Crippen LogP) is 0.913. The fraction of sp³-hybridized carbons (Fsp3) is 0.222. The van der Waals surface area contributed by atoms with E-state index in [0.717, 1.165) is 0 Å². The van der Waals surface area contributed by atoms with E-state index in [9.17, 15) is 4.79 Å². The van der Waals surface area contributed by atoms with Gasteiger partial charge in [0.1, 0.15) is 6.04 Å². The third-order valence-corrected chi connectivity index (χ3v) is 1.81. The van der Waals surface area contributed by atoms with Crippen molar-refractivity contribution in [2.45, 2.75) is 12.5 Å². The highest BCUT2D eigenvalue weighted by molar-refractivity contribution is 6.92. The third-order valence-electron chi connectivity index (χ3n) is 1.81. The smallest absolute Gasteiger partial charge is 0.320 e. The second-order valence-corrected chi connectivity index (χ2v) is 2.97. The first-order chi connectivity index (χ1) is 6.50. The van der Waals surface area contributed by atoms with E-state index in [1.54, 1.807) is 0 Å². The van der Waals surface area contributed by atoms with E-state index in [4.69, 9.17) is 21.1 Å². The molecule has 0 bridgehead atoms. The van der Waals surface area contributed by atoms with Crippen LogP contribution in [0.4, 0.5) is 0 Å². The molecule has 5 N–H and O–H groups in total. The number of phenolic OH excluding ortho intramolecular Hbond substituents is 2. The number of rotatable bonds is 3. The lowest BCUT2D eigenvalue weighted by Crippen LogP contribution is -2.32. The van der Waals surface area contributed by atoms with Gasteiger partial charge in [0.25, 0.3) is 0 Å². The zero-order valence-electron chi connectivity index (χ0n) is 7.79. The van der Waals surface area contributed by atoms with Crippen LogP contribution >= 0.6 is 9.90 Å². The fourth-order valence-corrected chi connectivity index (χ4v) is 1.04. The number of hydrogen-bond acceptors (Lipinski definition) is 4. The number of carbonyl (C=O) groups is 1. The van der Waals surface area contributed by atoms with E-state index >= 15 is 0 Å². The highest BCUT2D eigenvalue weighted by atomic mass is 31.0. The number of aromatic hydroxyl groups is 2. The van der Waals surface area contributed by atoms with E-state index in [1.165, 1.54) is 18.2 Å². The van der Waals surface area contributed by atoms with Gasteiger partial charge in [-0.15, -0.1) is 0 Å². The number of carboxylic acids is 1. The zero-order valence-corrected chi connectivity index (χ0v) is 8.69. The highest BCUT2D eigenvalue weighted by Gasteiger charge is 2.12. The number of carboxylic acid groups (broad SMARTS) is 1. The van der Waals surface area contributed by atoms with Gasteiger partial charge in [0.05, 0.1) is 0 Å². The minimum atomic E-state index is -1.10. The summed E-state index contributed by atoms with van der Waals surface area (Å²) in [6.07, 6.45) is 0.114. The molecule has 1 aromatic rings. The average molecular weight is 228 g/mol. The van der Waals surface area contributed by atoms with Crippen molar-refractivity contribution in [3.05, 3.63) is 23.8 Å². The Labute approximate surface area is 90.2 Å². The van der Waals surface area contributed by atoms with Gasteiger partial charge in [-0.05, 0) is 24.1 Å². The maximum Gasteiger partial charge on any atom is 0.320 e. The number of hydrogen-bond donors (Lipinski definition) is 4. The largest absolute Gasteiger partial charge is 0.504 e. The molecule has 1 atom stereocenters. The van der Waals surface area contributed by atoms with Gasteiger partial charge in [-0.3, -0.25) is 4.79 Å². The van der Waals surface area contributed by atoms with E-state index < -0.39 is 12.0 Å². The van der Waals surface area contributed by atoms with E-state index in [-0.39, 0.29) is 27.8 Å². The van der Waals surface area contributed by atoms with Gasteiger partial charge >= 0.3 is 5.97 Å². The van der Waals surface area contributed by atoms with Crippen molar-refractivity contribution in [3.8, 4) is 11.5 Å². The lowest BCUT2D eigenvalue weighted by Gasteiger charge is -2.06. The Morgan fingerprint density at radius 1 is 1.33 bits per heavy atom. The van der Waals surface area contributed by atoms with Crippen LogP contribution in [0.5, 0.6) is 11.5 Å². The molecule has 0 aliphatic heterocycles. The van der Waals surface area contributed by atoms with Crippen LogP contribution in [0.1, 0.15) is 5.56 Å². The first-order valence-electron chi connectivity index (χ1n) is 4.00. The van der Waals surface area contributed by atoms with Crippen LogP contribution in [0.2, 0.25) is 0 Å². The number of phenols is 2. The first-order valence-corrected chi connectivity index (χ1v) is 4.00. The molecular formula is C9H11NO4P. The number of benzene rings is 1. The van der Waals surface area contributed by atoms with Gasteiger partial charge in [-0.25, -0.2) is 0 Å². The van der Waals surface area contributed by atoms with Gasteiger partial charge in [-0.2, -0.15) is 0 Å². The van der Waals surface area contributed by atoms with Gasteiger partial charge < -0.3 is 21.1 Å². The number of nitrogens with two attached hydrogens (primary N) is 1. The summed E-state index contributed by atoms with van der Waals surface area (Å²) in [4.78, 5) is 10.4. The SMILES string of the molecule is N[C@@H](Cc1ccc(O)c(O)c1)C(=O)O.[P]. The van der Waals surface area contributed by atoms with Crippen LogP contribution in [0, 0.1) is 0 Å². The molecule has 1 rings (SSSR count). The van der Waals surface area contributed by atoms with Crippen LogP contribution in [-0.4, -0.2) is 27.3 Å². The van der Waals surface area contributed by atoms with E-state index in [2.05, 4.69) is 0 Å². The Morgan fingerprint density at radius 2 is 1.93 bits per heavy atom. The molecule has 6 heteroatoms. The Balaban J connectivity index is 0.00000196. The molecule has 0 heterocycles. The summed E-state index contributed by atoms with van der Waals surface area (Å²) in [6.45, 7) is 0. The van der Waals surface area contributed by atoms with Crippen molar-refractivity contribution in [1.29, 1.82) is 0 Å². The summed E-state index contributed by atoms with van der Waals surface area (Å²) in [5, 5.41) is 26.6. The zero-order chi connectivity index (χ0) is 10.7. The molecule has 0 aliphatic rings. The molecule has 0 saturated carbocycles. The molecule has 0 aromatic heterocycles. The Hall–Kier alpha value is -1.32. The molecule has 5 nitrogen and oxygen atoms in total. The molecule has 0 spiro atoms. The molecule has 15 heavy (non-hydrogen) atoms. The summed E-state index contributed by atoms with van der Waals surface area (Å²) in [5.41, 5.74) is 5.86. The molecule has 1 aromatic carbocycles. The molecular weight excluding hydrogens is 217 g/mol. The molecule has 0 amide bonds. The van der Waals surface area contributed by atoms with E-state index in [0.29, 0.717) is 5.56 Å². The highest BCUT2D eigenvalue weighted by Crippen LogP contribution is 2.25. The minimum Gasteiger partial charge on any atom is -0.504 e. The van der Waals surface area contributed by atoms with Crippen LogP contribution in [0.25, 0.3) is 0 Å². The third kappa shape index (κ3) is 3.73. The van der Waals surface area contributed by atoms with Crippen LogP contribution in [0.3, 0.4) is 0 Å². The average Bonchev–Trinajstić information content (AvgIpc) is 2.11. The Morgan fingerprint density at radius 3 is 2.40 bits per heavy atom. The summed E-state index contributed by atoms with van der Waals surface area (Å²) in [7, 11) is 0. The van der Waals surface area contributed by atoms with Gasteiger partial charge in [0.2, 0.25) is 0 Å². The van der Waals surface area contributed by atoms with Crippen molar-refractivity contribution in [2.75, 3.05) is 0 Å². The summed E-state index contributed by atoms with van der Waals surface area (Å²) < 4.78 is 0. The Bertz CT molecular complexity index is 356. The van der Waals surface area contributed by atoms with Crippen molar-refractivity contribution in [2.24, 2.45) is 5.73 Å². The topological polar surface area (TPSA) is 104 Å². The van der Waals surface area contributed by atoms with Crippen LogP contribution < -0.4 is 5.73 Å². The maximum atomic E-state index is 10.4. The lowest BCUT2D eigenvalue weighted by atomic mass is 10.1. The first kappa shape index (κ1) is 13.7. The second-order valence-electron chi connectivity index (χ2n) is 2.97. The Kier molecular flexibility index (Phi) is 5.05. The van der Waals surface area contributed by atoms with Crippen molar-refractivity contribution < 1.29 is 20.1 Å². The summed E-state index contributed by atoms with van der Waals surface area (Å²) >= 11 is 0. The van der Waals surface area contributed by atoms with Gasteiger partial charge in [-0.1, -0.05) is 6.07 Å². The summed E-state index contributed by atoms with van der Waals surface area (Å²) in [6, 6.07) is 3.09. The molecule has 0 fully saturated rings. The maximum absolute atomic E-state index is 10.4. The van der Waals surface area contributed by atoms with E-state index in [1.807, 2.05) is 0 Å². The van der Waals surface area contributed by atoms with Crippen molar-refractivity contribution >= 4 is 15.9 Å². The van der Waals surface area contributed by atoms with Crippen LogP contribution in [-0.2, 0) is 11.2 Å². The van der Waals surface area contributed by atoms with Gasteiger partial charge in [0.15, 0.2) is 11.5 Å². The molecule has 0 saturated heterocycles. The molecule has 0 aliphatic carbocycles. The number of aliphatic carboxylic acids is 1. The summed E-state index contributed by atoms with van der Waals surface area (Å²) in [5.74, 6) is -1.62. The predicted molar refractivity (Wildman–Crippen MR) is 56.0 cm³/mol. The lowest BCUT2D eigenvalue weighted by molar-refractivity contribution is -0.138. The van der Waals surface area contributed by atoms with Crippen LogP contribution in [0.15, 0.2) is 18.2 Å². The molecule has 3 radical (unpaired) electrons. The van der Waals surface area contributed by atoms with Crippen molar-refractivity contribution in [1.82, 2.24) is 0 Å². The minimum absolute atomic E-state index is 0. The normalized spacial score (nSPS) is 11.5. The molecule has 81 valence electrons. The fourth-order valence-electron chi connectivity index (χ4n) is 1.04. The monoisotopic (exact) mass is 228 g/mol. The standard InChI is InChI=1S/C9H11NO4.P/c10-6(9(13)14)3-5-1-2-7(11)8(12)4-5;/h1-2,4,6,11-12H,3,10H2,(H,13,14);/t6-;/m0./s1.